The molecule has 1 amide bonds. The van der Waals surface area contributed by atoms with Gasteiger partial charge in [0.05, 0.1) is 6.10 Å². The molecule has 0 aromatic carbocycles. The van der Waals surface area contributed by atoms with Crippen molar-refractivity contribution in [2.24, 2.45) is 0 Å². The molecule has 0 saturated carbocycles. The first-order valence-corrected chi connectivity index (χ1v) is 5.66. The third kappa shape index (κ3) is 8.25. The molecule has 17 heavy (non-hydrogen) atoms. The summed E-state index contributed by atoms with van der Waals surface area (Å²) in [4.78, 5) is 22.4. The van der Waals surface area contributed by atoms with E-state index in [9.17, 15) is 9.59 Å². The Bertz CT molecular complexity index is 319. The second-order valence-corrected chi connectivity index (χ2v) is 4.28. The van der Waals surface area contributed by atoms with Gasteiger partial charge in [-0.3, -0.25) is 4.79 Å². The molecule has 1 atom stereocenters. The van der Waals surface area contributed by atoms with Crippen LogP contribution in [-0.4, -0.2) is 24.0 Å². The summed E-state index contributed by atoms with van der Waals surface area (Å²) in [5.74, 6) is -0.533. The van der Waals surface area contributed by atoms with E-state index in [0.717, 1.165) is 0 Å². The largest absolute Gasteiger partial charge is 0.460 e. The van der Waals surface area contributed by atoms with Gasteiger partial charge in [-0.05, 0) is 34.1 Å². The van der Waals surface area contributed by atoms with E-state index >= 15 is 0 Å². The number of esters is 1. The maximum Gasteiger partial charge on any atom is 0.330 e. The summed E-state index contributed by atoms with van der Waals surface area (Å²) in [6.07, 6.45) is 3.52. The lowest BCUT2D eigenvalue weighted by Crippen LogP contribution is -2.32. The quantitative estimate of drug-likeness (QED) is 0.569. The molecule has 1 unspecified atom stereocenters. The molecule has 0 aliphatic carbocycles. The highest BCUT2D eigenvalue weighted by Crippen LogP contribution is 1.97. The summed E-state index contributed by atoms with van der Waals surface area (Å²) in [7, 11) is 0. The SMILES string of the molecule is C=C(C)C(=O)NC(C)C/C=C/C(=O)OC(C)C. The van der Waals surface area contributed by atoms with Crippen LogP contribution in [0.4, 0.5) is 0 Å². The smallest absolute Gasteiger partial charge is 0.330 e. The predicted molar refractivity (Wildman–Crippen MR) is 67.4 cm³/mol. The highest BCUT2D eigenvalue weighted by Gasteiger charge is 2.06. The molecule has 1 N–H and O–H groups in total. The van der Waals surface area contributed by atoms with Crippen LogP contribution in [0.15, 0.2) is 24.3 Å². The van der Waals surface area contributed by atoms with Crippen molar-refractivity contribution in [2.45, 2.75) is 46.3 Å². The van der Waals surface area contributed by atoms with Crippen LogP contribution < -0.4 is 5.32 Å². The van der Waals surface area contributed by atoms with Gasteiger partial charge in [0.15, 0.2) is 0 Å². The van der Waals surface area contributed by atoms with Crippen LogP contribution in [0.5, 0.6) is 0 Å². The Labute approximate surface area is 103 Å². The van der Waals surface area contributed by atoms with Gasteiger partial charge in [-0.2, -0.15) is 0 Å². The van der Waals surface area contributed by atoms with Crippen LogP contribution in [-0.2, 0) is 14.3 Å². The molecule has 0 aliphatic heterocycles. The van der Waals surface area contributed by atoms with Crippen molar-refractivity contribution in [3.63, 3.8) is 0 Å². The molecular weight excluding hydrogens is 218 g/mol. The molecule has 0 radical (unpaired) electrons. The molecule has 4 heteroatoms. The summed E-state index contributed by atoms with van der Waals surface area (Å²) in [6, 6.07) is -0.0395. The molecule has 96 valence electrons. The van der Waals surface area contributed by atoms with Gasteiger partial charge in [0.1, 0.15) is 0 Å². The van der Waals surface area contributed by atoms with E-state index in [-0.39, 0.29) is 24.0 Å². The Morgan fingerprint density at radius 3 is 2.41 bits per heavy atom. The van der Waals surface area contributed by atoms with Gasteiger partial charge in [0, 0.05) is 17.7 Å². The molecule has 0 fully saturated rings. The summed E-state index contributed by atoms with van der Waals surface area (Å²) in [6.45, 7) is 10.6. The number of amides is 1. The number of nitrogens with one attached hydrogen (secondary N) is 1. The van der Waals surface area contributed by atoms with Gasteiger partial charge in [-0.25, -0.2) is 4.79 Å². The summed E-state index contributed by atoms with van der Waals surface area (Å²) < 4.78 is 4.92. The fourth-order valence-corrected chi connectivity index (χ4v) is 1.05. The zero-order valence-electron chi connectivity index (χ0n) is 10.9. The first kappa shape index (κ1) is 15.4. The van der Waals surface area contributed by atoms with Crippen molar-refractivity contribution in [2.75, 3.05) is 0 Å². The fraction of sp³-hybridized carbons (Fsp3) is 0.538. The van der Waals surface area contributed by atoms with Gasteiger partial charge in [0.2, 0.25) is 5.91 Å². The molecule has 0 aliphatic rings. The molecule has 0 aromatic rings. The zero-order valence-corrected chi connectivity index (χ0v) is 10.9. The molecular formula is C13H21NO3. The number of hydrogen-bond donors (Lipinski definition) is 1. The molecule has 0 heterocycles. The van der Waals surface area contributed by atoms with E-state index in [1.165, 1.54) is 6.08 Å². The van der Waals surface area contributed by atoms with Crippen molar-refractivity contribution in [3.8, 4) is 0 Å². The van der Waals surface area contributed by atoms with Gasteiger partial charge in [0.25, 0.3) is 0 Å². The Balaban J connectivity index is 3.95. The molecule has 0 aromatic heterocycles. The summed E-state index contributed by atoms with van der Waals surface area (Å²) in [5, 5.41) is 2.75. The fourth-order valence-electron chi connectivity index (χ4n) is 1.05. The topological polar surface area (TPSA) is 55.4 Å². The Morgan fingerprint density at radius 2 is 1.94 bits per heavy atom. The van der Waals surface area contributed by atoms with Gasteiger partial charge in [-0.15, -0.1) is 0 Å². The minimum absolute atomic E-state index is 0.0395. The number of carbonyl (C=O) groups is 2. The zero-order chi connectivity index (χ0) is 13.4. The molecule has 4 nitrogen and oxygen atoms in total. The molecule has 0 bridgehead atoms. The lowest BCUT2D eigenvalue weighted by molar-refractivity contribution is -0.141. The van der Waals surface area contributed by atoms with E-state index in [1.54, 1.807) is 26.8 Å². The Hall–Kier alpha value is -1.58. The van der Waals surface area contributed by atoms with Crippen molar-refractivity contribution >= 4 is 11.9 Å². The highest BCUT2D eigenvalue weighted by atomic mass is 16.5. The van der Waals surface area contributed by atoms with Crippen molar-refractivity contribution < 1.29 is 14.3 Å². The minimum Gasteiger partial charge on any atom is -0.460 e. The van der Waals surface area contributed by atoms with Crippen LogP contribution in [0.3, 0.4) is 0 Å². The third-order valence-corrected chi connectivity index (χ3v) is 1.86. The van der Waals surface area contributed by atoms with Crippen LogP contribution in [0, 0.1) is 0 Å². The number of hydrogen-bond acceptors (Lipinski definition) is 3. The third-order valence-electron chi connectivity index (χ3n) is 1.86. The predicted octanol–water partition coefficient (Wildman–Crippen LogP) is 1.97. The maximum absolute atomic E-state index is 11.3. The maximum atomic E-state index is 11.3. The normalized spacial score (nSPS) is 12.5. The van der Waals surface area contributed by atoms with Crippen molar-refractivity contribution in [1.82, 2.24) is 5.32 Å². The molecule has 0 rings (SSSR count). The van der Waals surface area contributed by atoms with Crippen molar-refractivity contribution in [1.29, 1.82) is 0 Å². The van der Waals surface area contributed by atoms with Crippen molar-refractivity contribution in [3.05, 3.63) is 24.3 Å². The average Bonchev–Trinajstić information content (AvgIpc) is 2.15. The van der Waals surface area contributed by atoms with E-state index in [4.69, 9.17) is 4.74 Å². The lowest BCUT2D eigenvalue weighted by Gasteiger charge is -2.11. The second-order valence-electron chi connectivity index (χ2n) is 4.28. The highest BCUT2D eigenvalue weighted by molar-refractivity contribution is 5.92. The molecule has 0 saturated heterocycles. The lowest BCUT2D eigenvalue weighted by atomic mass is 10.2. The first-order valence-electron chi connectivity index (χ1n) is 5.66. The Kier molecular flexibility index (Phi) is 6.94. The van der Waals surface area contributed by atoms with E-state index in [0.29, 0.717) is 12.0 Å². The number of rotatable bonds is 6. The average molecular weight is 239 g/mol. The van der Waals surface area contributed by atoms with Crippen LogP contribution in [0.1, 0.15) is 34.1 Å². The van der Waals surface area contributed by atoms with E-state index in [1.807, 2.05) is 6.92 Å². The van der Waals surface area contributed by atoms with E-state index < -0.39 is 0 Å². The second kappa shape index (κ2) is 7.65. The van der Waals surface area contributed by atoms with Crippen LogP contribution in [0.25, 0.3) is 0 Å². The van der Waals surface area contributed by atoms with Gasteiger partial charge >= 0.3 is 5.97 Å². The Morgan fingerprint density at radius 1 is 1.35 bits per heavy atom. The first-order chi connectivity index (χ1) is 7.82. The standard InChI is InChI=1S/C13H21NO3/c1-9(2)13(16)14-11(5)7-6-8-12(15)17-10(3)4/h6,8,10-11H,1,7H2,2-5H3,(H,14,16)/b8-6+. The summed E-state index contributed by atoms with van der Waals surface area (Å²) in [5.41, 5.74) is 0.472. The summed E-state index contributed by atoms with van der Waals surface area (Å²) >= 11 is 0. The van der Waals surface area contributed by atoms with Gasteiger partial charge < -0.3 is 10.1 Å². The van der Waals surface area contributed by atoms with E-state index in [2.05, 4.69) is 11.9 Å². The monoisotopic (exact) mass is 239 g/mol. The number of ether oxygens (including phenoxy) is 1. The van der Waals surface area contributed by atoms with Crippen LogP contribution in [0.2, 0.25) is 0 Å². The number of carbonyl (C=O) groups excluding carboxylic acids is 2. The minimum atomic E-state index is -0.363. The van der Waals surface area contributed by atoms with Crippen LogP contribution >= 0.6 is 0 Å². The van der Waals surface area contributed by atoms with Gasteiger partial charge in [-0.1, -0.05) is 12.7 Å². The molecule has 0 spiro atoms.